The van der Waals surface area contributed by atoms with Gasteiger partial charge >= 0.3 is 0 Å². The Kier molecular flexibility index (Phi) is 7.38. The summed E-state index contributed by atoms with van der Waals surface area (Å²) in [5.74, 6) is 1.45. The number of aromatic nitrogens is 1. The molecule has 0 aliphatic heterocycles. The summed E-state index contributed by atoms with van der Waals surface area (Å²) in [5, 5.41) is 13.6. The molecule has 0 atom stereocenters. The highest BCUT2D eigenvalue weighted by molar-refractivity contribution is 5.97. The van der Waals surface area contributed by atoms with Gasteiger partial charge in [-0.25, -0.2) is 0 Å². The van der Waals surface area contributed by atoms with Gasteiger partial charge in [-0.15, -0.1) is 0 Å². The quantitative estimate of drug-likeness (QED) is 0.352. The Labute approximate surface area is 189 Å². The zero-order chi connectivity index (χ0) is 22.2. The van der Waals surface area contributed by atoms with Crippen LogP contribution in [0.2, 0.25) is 0 Å². The number of carbonyl (C=O) groups is 1. The average molecular weight is 431 g/mol. The molecule has 0 amide bonds. The van der Waals surface area contributed by atoms with E-state index in [4.69, 9.17) is 4.74 Å². The molecule has 0 radical (unpaired) electrons. The molecule has 1 saturated carbocycles. The second-order valence-corrected chi connectivity index (χ2v) is 8.46. The summed E-state index contributed by atoms with van der Waals surface area (Å²) < 4.78 is 5.67. The number of nitrogens with one attached hydrogen (secondary N) is 1. The van der Waals surface area contributed by atoms with Gasteiger partial charge in [-0.05, 0) is 48.7 Å². The van der Waals surface area contributed by atoms with E-state index < -0.39 is 0 Å². The number of hydrogen-bond donors (Lipinski definition) is 2. The normalized spacial score (nSPS) is 13.8. The van der Waals surface area contributed by atoms with Gasteiger partial charge in [0.15, 0.2) is 17.3 Å². The van der Waals surface area contributed by atoms with Crippen molar-refractivity contribution in [3.8, 4) is 11.5 Å². The first kappa shape index (κ1) is 21.9. The third kappa shape index (κ3) is 6.10. The molecule has 0 saturated heterocycles. The molecule has 2 aromatic carbocycles. The standard InChI is InChI=1S/C27H30N2O3/c30-25(13-5-9-20-7-1-2-8-20)21-10-6-12-22(17-21)29-23-14-15-27(26(31)18-23)32-19-24-11-3-4-16-28-24/h3-4,6,10-12,14-18,20,29,31H,1-2,5,7-9,13,19H2. The minimum atomic E-state index is 0.0464. The van der Waals surface area contributed by atoms with Gasteiger partial charge in [-0.3, -0.25) is 9.78 Å². The lowest BCUT2D eigenvalue weighted by atomic mass is 9.98. The number of hydrogen-bond acceptors (Lipinski definition) is 5. The zero-order valence-electron chi connectivity index (χ0n) is 18.3. The maximum atomic E-state index is 12.6. The van der Waals surface area contributed by atoms with Crippen molar-refractivity contribution < 1.29 is 14.6 Å². The van der Waals surface area contributed by atoms with Crippen molar-refractivity contribution in [2.45, 2.75) is 51.6 Å². The van der Waals surface area contributed by atoms with Crippen LogP contribution in [0.15, 0.2) is 66.9 Å². The largest absolute Gasteiger partial charge is 0.504 e. The monoisotopic (exact) mass is 430 g/mol. The number of phenolic OH excluding ortho intramolecular Hbond substituents is 1. The summed E-state index contributed by atoms with van der Waals surface area (Å²) in [6.07, 6.45) is 9.79. The van der Waals surface area contributed by atoms with Crippen LogP contribution in [0, 0.1) is 5.92 Å². The van der Waals surface area contributed by atoms with Crippen LogP contribution in [0.25, 0.3) is 0 Å². The van der Waals surface area contributed by atoms with Gasteiger partial charge in [0.05, 0.1) is 5.69 Å². The number of ketones is 1. The molecule has 2 N–H and O–H groups in total. The lowest BCUT2D eigenvalue weighted by Gasteiger charge is -2.12. The maximum absolute atomic E-state index is 12.6. The molecule has 4 rings (SSSR count). The van der Waals surface area contributed by atoms with Gasteiger partial charge in [0.1, 0.15) is 6.61 Å². The van der Waals surface area contributed by atoms with E-state index in [-0.39, 0.29) is 18.1 Å². The molecule has 0 spiro atoms. The summed E-state index contributed by atoms with van der Waals surface area (Å²) in [4.78, 5) is 16.8. The lowest BCUT2D eigenvalue weighted by Crippen LogP contribution is -2.02. The predicted molar refractivity (Wildman–Crippen MR) is 127 cm³/mol. The van der Waals surface area contributed by atoms with Gasteiger partial charge in [0.25, 0.3) is 0 Å². The van der Waals surface area contributed by atoms with Gasteiger partial charge in [-0.1, -0.05) is 50.3 Å². The second kappa shape index (κ2) is 10.8. The van der Waals surface area contributed by atoms with Crippen LogP contribution < -0.4 is 10.1 Å². The van der Waals surface area contributed by atoms with Crippen LogP contribution in [0.1, 0.15) is 61.0 Å². The molecule has 1 aromatic heterocycles. The first-order valence-electron chi connectivity index (χ1n) is 11.4. The van der Waals surface area contributed by atoms with Crippen LogP contribution in [0.5, 0.6) is 11.5 Å². The topological polar surface area (TPSA) is 71.5 Å². The Balaban J connectivity index is 1.32. The fourth-order valence-corrected chi connectivity index (χ4v) is 4.28. The number of phenols is 1. The molecule has 0 unspecified atom stereocenters. The van der Waals surface area contributed by atoms with Crippen molar-refractivity contribution in [2.75, 3.05) is 5.32 Å². The fraction of sp³-hybridized carbons (Fsp3) is 0.333. The van der Waals surface area contributed by atoms with E-state index in [9.17, 15) is 9.90 Å². The van der Waals surface area contributed by atoms with Gasteiger partial charge in [-0.2, -0.15) is 0 Å². The van der Waals surface area contributed by atoms with Crippen LogP contribution in [0.4, 0.5) is 11.4 Å². The number of ether oxygens (including phenoxy) is 1. The van der Waals surface area contributed by atoms with Crippen LogP contribution in [0.3, 0.4) is 0 Å². The molecular formula is C27H30N2O3. The SMILES string of the molecule is O=C(CCCC1CCCC1)c1cccc(Nc2ccc(OCc3ccccn3)c(O)c2)c1. The third-order valence-corrected chi connectivity index (χ3v) is 6.02. The van der Waals surface area contributed by atoms with E-state index in [2.05, 4.69) is 10.3 Å². The van der Waals surface area contributed by atoms with Crippen LogP contribution in [-0.2, 0) is 6.61 Å². The van der Waals surface area contributed by atoms with Crippen molar-refractivity contribution in [3.05, 3.63) is 78.1 Å². The number of nitrogens with zero attached hydrogens (tertiary/aromatic N) is 1. The Bertz CT molecular complexity index is 1030. The minimum Gasteiger partial charge on any atom is -0.504 e. The highest BCUT2D eigenvalue weighted by Crippen LogP contribution is 2.32. The predicted octanol–water partition coefficient (Wildman–Crippen LogP) is 6.65. The van der Waals surface area contributed by atoms with E-state index in [0.717, 1.165) is 41.4 Å². The molecule has 5 nitrogen and oxygen atoms in total. The summed E-state index contributed by atoms with van der Waals surface area (Å²) >= 11 is 0. The molecule has 3 aromatic rings. The Morgan fingerprint density at radius 2 is 1.88 bits per heavy atom. The molecule has 1 aliphatic carbocycles. The van der Waals surface area contributed by atoms with E-state index in [1.165, 1.54) is 25.7 Å². The van der Waals surface area contributed by atoms with Crippen molar-refractivity contribution in [3.63, 3.8) is 0 Å². The highest BCUT2D eigenvalue weighted by atomic mass is 16.5. The van der Waals surface area contributed by atoms with Crippen LogP contribution in [-0.4, -0.2) is 15.9 Å². The number of aromatic hydroxyl groups is 1. The summed E-state index contributed by atoms with van der Waals surface area (Å²) in [6.45, 7) is 0.284. The number of rotatable bonds is 10. The van der Waals surface area contributed by atoms with E-state index in [1.54, 1.807) is 18.3 Å². The first-order valence-corrected chi connectivity index (χ1v) is 11.4. The van der Waals surface area contributed by atoms with Gasteiger partial charge in [0.2, 0.25) is 0 Å². The van der Waals surface area contributed by atoms with Crippen LogP contribution >= 0.6 is 0 Å². The molecule has 1 aliphatic rings. The molecule has 0 bridgehead atoms. The molecule has 32 heavy (non-hydrogen) atoms. The maximum Gasteiger partial charge on any atom is 0.162 e. The third-order valence-electron chi connectivity index (χ3n) is 6.02. The number of carbonyl (C=O) groups excluding carboxylic acids is 1. The smallest absolute Gasteiger partial charge is 0.162 e. The minimum absolute atomic E-state index is 0.0464. The van der Waals surface area contributed by atoms with E-state index in [1.807, 2.05) is 48.5 Å². The lowest BCUT2D eigenvalue weighted by molar-refractivity contribution is 0.0977. The molecule has 1 heterocycles. The Hall–Kier alpha value is -3.34. The molecular weight excluding hydrogens is 400 g/mol. The number of pyridine rings is 1. The van der Waals surface area contributed by atoms with Crippen molar-refractivity contribution >= 4 is 17.2 Å². The van der Waals surface area contributed by atoms with Crippen molar-refractivity contribution in [1.82, 2.24) is 4.98 Å². The highest BCUT2D eigenvalue weighted by Gasteiger charge is 2.15. The van der Waals surface area contributed by atoms with Crippen molar-refractivity contribution in [2.24, 2.45) is 5.92 Å². The second-order valence-electron chi connectivity index (χ2n) is 8.46. The van der Waals surface area contributed by atoms with Gasteiger partial charge < -0.3 is 15.2 Å². The molecule has 1 fully saturated rings. The fourth-order valence-electron chi connectivity index (χ4n) is 4.28. The molecule has 166 valence electrons. The zero-order valence-corrected chi connectivity index (χ0v) is 18.3. The number of benzene rings is 2. The van der Waals surface area contributed by atoms with E-state index in [0.29, 0.717) is 12.2 Å². The van der Waals surface area contributed by atoms with Gasteiger partial charge in [0, 0.05) is 35.6 Å². The summed E-state index contributed by atoms with van der Waals surface area (Å²) in [7, 11) is 0. The number of anilines is 2. The summed E-state index contributed by atoms with van der Waals surface area (Å²) in [6, 6.07) is 18.3. The molecule has 5 heteroatoms. The summed E-state index contributed by atoms with van der Waals surface area (Å²) in [5.41, 5.74) is 3.05. The Morgan fingerprint density at radius 3 is 2.66 bits per heavy atom. The first-order chi connectivity index (χ1) is 15.7. The Morgan fingerprint density at radius 1 is 1.03 bits per heavy atom. The van der Waals surface area contributed by atoms with Crippen molar-refractivity contribution in [1.29, 1.82) is 0 Å². The average Bonchev–Trinajstić information content (AvgIpc) is 3.33. The van der Waals surface area contributed by atoms with E-state index >= 15 is 0 Å². The number of Topliss-reactive ketones (excluding diaryl/α,β-unsaturated/α-hetero) is 1.